The number of ether oxygens (including phenoxy) is 2. The lowest BCUT2D eigenvalue weighted by Gasteiger charge is -2.37. The first kappa shape index (κ1) is 58.6. The van der Waals surface area contributed by atoms with Crippen molar-refractivity contribution in [3.05, 3.63) is 65.7 Å². The van der Waals surface area contributed by atoms with Gasteiger partial charge in [-0.05, 0) is 93.5 Å². The van der Waals surface area contributed by atoms with Gasteiger partial charge in [0.25, 0.3) is 0 Å². The summed E-state index contributed by atoms with van der Waals surface area (Å²) in [5, 5.41) is 7.76. The van der Waals surface area contributed by atoms with Crippen LogP contribution in [0.3, 0.4) is 0 Å². The van der Waals surface area contributed by atoms with Gasteiger partial charge in [0.1, 0.15) is 6.04 Å². The second-order valence-electron chi connectivity index (χ2n) is 17.8. The number of carbonyl (C=O) groups is 5. The van der Waals surface area contributed by atoms with Gasteiger partial charge in [-0.15, -0.1) is 0 Å². The molecule has 2 aromatic rings. The topological polar surface area (TPSA) is 176 Å². The summed E-state index contributed by atoms with van der Waals surface area (Å²) in [7, 11) is 7.44. The Morgan fingerprint density at radius 2 is 1.54 bits per heavy atom. The molecular weight excluding hydrogens is 823 g/mol. The van der Waals surface area contributed by atoms with Gasteiger partial charge in [-0.3, -0.25) is 24.0 Å². The molecule has 0 spiro atoms. The molecule has 0 aromatic heterocycles. The van der Waals surface area contributed by atoms with Gasteiger partial charge in [-0.25, -0.2) is 0 Å². The first-order valence-corrected chi connectivity index (χ1v) is 23.9. The molecule has 5 amide bonds. The highest BCUT2D eigenvalue weighted by molar-refractivity contribution is 5.96. The molecule has 368 valence electrons. The number of benzene rings is 2. The number of nitrogens with one attached hydrogen (secondary N) is 3. The Morgan fingerprint density at radius 1 is 0.892 bits per heavy atom. The van der Waals surface area contributed by atoms with Crippen molar-refractivity contribution in [1.29, 1.82) is 0 Å². The molecular formula is C51H87N7O7. The summed E-state index contributed by atoms with van der Waals surface area (Å²) in [6, 6.07) is 18.4. The molecule has 14 heteroatoms. The van der Waals surface area contributed by atoms with E-state index in [9.17, 15) is 24.0 Å². The number of methoxy groups -OCH3 is 2. The molecule has 5 N–H and O–H groups in total. The zero-order valence-corrected chi connectivity index (χ0v) is 42.0. The number of likely N-dealkylation sites (N-methyl/N-ethyl adjacent to an activating group) is 1. The molecule has 1 saturated carbocycles. The molecule has 7 unspecified atom stereocenters. The third kappa shape index (κ3) is 20.0. The highest BCUT2D eigenvalue weighted by Crippen LogP contribution is 2.40. The number of hydrogen-bond acceptors (Lipinski definition) is 9. The van der Waals surface area contributed by atoms with Crippen LogP contribution in [0, 0.1) is 17.8 Å². The molecule has 9 atom stereocenters. The summed E-state index contributed by atoms with van der Waals surface area (Å²) >= 11 is 0. The zero-order chi connectivity index (χ0) is 48.9. The number of carbonyl (C=O) groups excluding carboxylic acids is 5. The van der Waals surface area contributed by atoms with E-state index in [1.54, 1.807) is 38.3 Å². The number of piperidine rings is 1. The predicted octanol–water partition coefficient (Wildman–Crippen LogP) is 6.66. The molecule has 2 aliphatic heterocycles. The highest BCUT2D eigenvalue weighted by atomic mass is 16.5. The van der Waals surface area contributed by atoms with Crippen LogP contribution >= 0.6 is 0 Å². The van der Waals surface area contributed by atoms with Crippen molar-refractivity contribution in [1.82, 2.24) is 25.3 Å². The fourth-order valence-electron chi connectivity index (χ4n) is 8.96. The number of anilines is 1. The molecule has 2 saturated heterocycles. The van der Waals surface area contributed by atoms with Gasteiger partial charge >= 0.3 is 0 Å². The Balaban J connectivity index is 0.000000441. The van der Waals surface area contributed by atoms with Gasteiger partial charge in [-0.2, -0.15) is 0 Å². The van der Waals surface area contributed by atoms with Crippen molar-refractivity contribution in [2.24, 2.45) is 23.5 Å². The average molecular weight is 910 g/mol. The summed E-state index contributed by atoms with van der Waals surface area (Å²) in [5.41, 5.74) is 8.19. The second-order valence-corrected chi connectivity index (χ2v) is 17.8. The van der Waals surface area contributed by atoms with E-state index >= 15 is 0 Å². The van der Waals surface area contributed by atoms with E-state index in [4.69, 9.17) is 15.2 Å². The number of likely N-dealkylation sites (tertiary alicyclic amines) is 2. The SMILES string of the molecule is CC1C2CC[C@H](C2)N1C.CCC.CCC(C)C(C(CC)OC)N(C)C(=O)CNC=O.COC(C(C)C)C1CCCN1C=O.NCc1ccc(NC(=O)[C@H](Cc2ccccc2)NC=O)cc1. The third-order valence-corrected chi connectivity index (χ3v) is 12.9. The highest BCUT2D eigenvalue weighted by Gasteiger charge is 2.41. The van der Waals surface area contributed by atoms with E-state index < -0.39 is 6.04 Å². The number of fused-ring (bicyclic) bond motifs is 2. The Hall–Kier alpha value is -4.37. The minimum Gasteiger partial charge on any atom is -0.379 e. The molecule has 1 aliphatic carbocycles. The molecule has 2 bridgehead atoms. The van der Waals surface area contributed by atoms with Gasteiger partial charge in [0, 0.05) is 58.5 Å². The molecule has 2 heterocycles. The lowest BCUT2D eigenvalue weighted by molar-refractivity contribution is -0.136. The quantitative estimate of drug-likeness (QED) is 0.106. The van der Waals surface area contributed by atoms with Crippen molar-refractivity contribution in [3.63, 3.8) is 0 Å². The first-order chi connectivity index (χ1) is 31.2. The fraction of sp³-hybridized carbons (Fsp3) is 0.667. The van der Waals surface area contributed by atoms with E-state index in [0.717, 1.165) is 67.8 Å². The third-order valence-electron chi connectivity index (χ3n) is 12.9. The molecule has 3 fully saturated rings. The summed E-state index contributed by atoms with van der Waals surface area (Å²) in [6.45, 7) is 18.5. The molecule has 2 aromatic carbocycles. The molecule has 5 rings (SSSR count). The monoisotopic (exact) mass is 910 g/mol. The van der Waals surface area contributed by atoms with Crippen LogP contribution in [-0.4, -0.2) is 130 Å². The van der Waals surface area contributed by atoms with Crippen LogP contribution in [0.5, 0.6) is 0 Å². The number of nitrogens with zero attached hydrogens (tertiary/aromatic N) is 3. The number of hydrogen-bond donors (Lipinski definition) is 4. The van der Waals surface area contributed by atoms with Gasteiger partial charge < -0.3 is 45.9 Å². The maximum absolute atomic E-state index is 12.3. The number of nitrogens with two attached hydrogens (primary N) is 1. The Labute approximate surface area is 392 Å². The summed E-state index contributed by atoms with van der Waals surface area (Å²) < 4.78 is 10.9. The van der Waals surface area contributed by atoms with E-state index in [1.165, 1.54) is 25.7 Å². The molecule has 0 radical (unpaired) electrons. The van der Waals surface area contributed by atoms with Crippen molar-refractivity contribution in [2.45, 2.75) is 162 Å². The Kier molecular flexibility index (Phi) is 29.9. The van der Waals surface area contributed by atoms with E-state index in [2.05, 4.69) is 76.4 Å². The van der Waals surface area contributed by atoms with Crippen LogP contribution < -0.4 is 21.7 Å². The van der Waals surface area contributed by atoms with E-state index in [1.807, 2.05) is 54.3 Å². The van der Waals surface area contributed by atoms with Crippen LogP contribution in [0.1, 0.15) is 118 Å². The van der Waals surface area contributed by atoms with E-state index in [-0.39, 0.29) is 36.6 Å². The fourth-order valence-corrected chi connectivity index (χ4v) is 8.96. The normalized spacial score (nSPS) is 20.6. The zero-order valence-electron chi connectivity index (χ0n) is 42.0. The van der Waals surface area contributed by atoms with Gasteiger partial charge in [0.05, 0.1) is 30.8 Å². The first-order valence-electron chi connectivity index (χ1n) is 23.9. The largest absolute Gasteiger partial charge is 0.379 e. The molecule has 3 aliphatic rings. The van der Waals surface area contributed by atoms with Crippen LogP contribution in [0.15, 0.2) is 54.6 Å². The summed E-state index contributed by atoms with van der Waals surface area (Å²) in [6.07, 6.45) is 12.4. The van der Waals surface area contributed by atoms with E-state index in [0.29, 0.717) is 49.4 Å². The van der Waals surface area contributed by atoms with Crippen molar-refractivity contribution in [2.75, 3.05) is 46.7 Å². The Bertz CT molecular complexity index is 1580. The smallest absolute Gasteiger partial charge is 0.247 e. The van der Waals surface area contributed by atoms with Crippen LogP contribution in [0.2, 0.25) is 0 Å². The minimum absolute atomic E-state index is 0.0186. The Morgan fingerprint density at radius 3 is 1.98 bits per heavy atom. The van der Waals surface area contributed by atoms with Crippen LogP contribution in [0.4, 0.5) is 5.69 Å². The second kappa shape index (κ2) is 33.2. The maximum Gasteiger partial charge on any atom is 0.247 e. The van der Waals surface area contributed by atoms with Gasteiger partial charge in [-0.1, -0.05) is 104 Å². The lowest BCUT2D eigenvalue weighted by atomic mass is 9.91. The molecule has 65 heavy (non-hydrogen) atoms. The molecule has 14 nitrogen and oxygen atoms in total. The predicted molar refractivity (Wildman–Crippen MR) is 263 cm³/mol. The van der Waals surface area contributed by atoms with Crippen molar-refractivity contribution >= 4 is 36.7 Å². The summed E-state index contributed by atoms with van der Waals surface area (Å²) in [5.74, 6) is 1.51. The summed E-state index contributed by atoms with van der Waals surface area (Å²) in [4.78, 5) is 62.1. The average Bonchev–Trinajstić information content (AvgIpc) is 4.07. The van der Waals surface area contributed by atoms with Gasteiger partial charge in [0.2, 0.25) is 31.0 Å². The van der Waals surface area contributed by atoms with Gasteiger partial charge in [0.15, 0.2) is 0 Å². The van der Waals surface area contributed by atoms with Crippen molar-refractivity contribution < 1.29 is 33.4 Å². The number of rotatable bonds is 20. The van der Waals surface area contributed by atoms with Crippen molar-refractivity contribution in [3.8, 4) is 0 Å². The van der Waals surface area contributed by atoms with Crippen LogP contribution in [-0.2, 0) is 46.4 Å². The lowest BCUT2D eigenvalue weighted by Crippen LogP contribution is -2.51. The standard InChI is InChI=1S/C17H19N3O2.C13H26N2O3.C10H19NO2.C8H15N.C3H8/c18-11-14-6-8-15(9-7-14)20-17(22)16(19-12-21)10-13-4-2-1-3-5-13;1-6-10(3)13(11(7-2)18-5)15(4)12(17)8-14-9-16;1-8(2)10(13-3)9-5-4-6-11(9)7-12;1-6-7-3-4-8(5-7)9(6)2;1-3-2/h1-9,12,16H,10-11,18H2,(H,19,21)(H,20,22);9-11,13H,6-8H2,1-5H3,(H,14,16);7-10H,4-6H2,1-3H3;6-8H,3-5H2,1-2H3;3H2,1-2H3/t16-;;;6?,7?,8-;/m0..1./s1. The minimum atomic E-state index is -0.617. The maximum atomic E-state index is 12.3. The van der Waals surface area contributed by atoms with Crippen LogP contribution in [0.25, 0.3) is 0 Å². The number of amides is 5.